The molecule has 25 heavy (non-hydrogen) atoms. The van der Waals surface area contributed by atoms with Crippen LogP contribution in [0.5, 0.6) is 11.5 Å². The van der Waals surface area contributed by atoms with Gasteiger partial charge in [-0.1, -0.05) is 6.07 Å². The zero-order chi connectivity index (χ0) is 17.8. The third-order valence-corrected chi connectivity index (χ3v) is 3.42. The number of rotatable bonds is 7. The van der Waals surface area contributed by atoms with Crippen molar-refractivity contribution in [3.8, 4) is 11.5 Å². The van der Waals surface area contributed by atoms with Crippen molar-refractivity contribution in [3.05, 3.63) is 41.7 Å². The highest BCUT2D eigenvalue weighted by Gasteiger charge is 2.12. The second-order valence-corrected chi connectivity index (χ2v) is 5.18. The summed E-state index contributed by atoms with van der Waals surface area (Å²) in [5, 5.41) is 15.5. The molecule has 0 unspecified atom stereocenters. The number of fused-ring (bicyclic) bond motifs is 1. The van der Waals surface area contributed by atoms with Crippen LogP contribution in [0.4, 0.5) is 14.6 Å². The van der Waals surface area contributed by atoms with E-state index in [-0.39, 0.29) is 11.5 Å². The van der Waals surface area contributed by atoms with E-state index in [1.165, 1.54) is 6.07 Å². The van der Waals surface area contributed by atoms with Crippen molar-refractivity contribution < 1.29 is 18.3 Å². The number of nitrogens with zero attached hydrogens (tertiary/aromatic N) is 4. The fourth-order valence-electron chi connectivity index (χ4n) is 2.31. The molecular weight excluding hydrogens is 332 g/mol. The SMILES string of the molecule is CCOc1cc(CNc2ccc3nnc(C)n3n2)ccc1OC(F)F. The summed E-state index contributed by atoms with van der Waals surface area (Å²) in [6, 6.07) is 8.42. The molecular formula is C16H17F2N5O2. The molecule has 7 nitrogen and oxygen atoms in total. The minimum Gasteiger partial charge on any atom is -0.490 e. The third-order valence-electron chi connectivity index (χ3n) is 3.42. The van der Waals surface area contributed by atoms with Crippen LogP contribution >= 0.6 is 0 Å². The van der Waals surface area contributed by atoms with Gasteiger partial charge in [0.2, 0.25) is 0 Å². The van der Waals surface area contributed by atoms with Crippen molar-refractivity contribution in [3.63, 3.8) is 0 Å². The van der Waals surface area contributed by atoms with E-state index in [2.05, 4.69) is 25.3 Å². The summed E-state index contributed by atoms with van der Waals surface area (Å²) >= 11 is 0. The molecule has 0 bridgehead atoms. The van der Waals surface area contributed by atoms with Crippen molar-refractivity contribution in [1.82, 2.24) is 19.8 Å². The topological polar surface area (TPSA) is 73.6 Å². The maximum absolute atomic E-state index is 12.4. The van der Waals surface area contributed by atoms with Gasteiger partial charge in [0.1, 0.15) is 5.82 Å². The van der Waals surface area contributed by atoms with Gasteiger partial charge in [0.15, 0.2) is 23.0 Å². The van der Waals surface area contributed by atoms with Crippen LogP contribution in [0.3, 0.4) is 0 Å². The van der Waals surface area contributed by atoms with E-state index in [9.17, 15) is 8.78 Å². The lowest BCUT2D eigenvalue weighted by Gasteiger charge is -2.13. The lowest BCUT2D eigenvalue weighted by atomic mass is 10.2. The first-order valence-electron chi connectivity index (χ1n) is 7.70. The first-order chi connectivity index (χ1) is 12.1. The number of halogens is 2. The molecule has 0 saturated heterocycles. The average Bonchev–Trinajstić information content (AvgIpc) is 2.96. The van der Waals surface area contributed by atoms with Crippen molar-refractivity contribution in [1.29, 1.82) is 0 Å². The van der Waals surface area contributed by atoms with Crippen LogP contribution in [0.25, 0.3) is 5.65 Å². The number of anilines is 1. The molecule has 0 atom stereocenters. The molecule has 3 aromatic rings. The van der Waals surface area contributed by atoms with Gasteiger partial charge in [-0.25, -0.2) is 0 Å². The van der Waals surface area contributed by atoms with Gasteiger partial charge in [-0.2, -0.15) is 13.3 Å². The average molecular weight is 349 g/mol. The van der Waals surface area contributed by atoms with Crippen LogP contribution in [0.1, 0.15) is 18.3 Å². The lowest BCUT2D eigenvalue weighted by Crippen LogP contribution is -2.07. The number of benzene rings is 1. The maximum atomic E-state index is 12.4. The van der Waals surface area contributed by atoms with E-state index in [0.29, 0.717) is 30.4 Å². The Bertz CT molecular complexity index is 869. The van der Waals surface area contributed by atoms with Gasteiger partial charge in [0, 0.05) is 6.54 Å². The molecule has 9 heteroatoms. The second-order valence-electron chi connectivity index (χ2n) is 5.18. The Labute approximate surface area is 142 Å². The maximum Gasteiger partial charge on any atom is 0.387 e. The van der Waals surface area contributed by atoms with Gasteiger partial charge in [-0.15, -0.1) is 15.3 Å². The Morgan fingerprint density at radius 3 is 2.76 bits per heavy atom. The van der Waals surface area contributed by atoms with Crippen LogP contribution in [-0.4, -0.2) is 33.0 Å². The van der Waals surface area contributed by atoms with Crippen molar-refractivity contribution in [2.24, 2.45) is 0 Å². The minimum absolute atomic E-state index is 0.0141. The highest BCUT2D eigenvalue weighted by molar-refractivity contribution is 5.46. The van der Waals surface area contributed by atoms with Crippen molar-refractivity contribution >= 4 is 11.5 Å². The van der Waals surface area contributed by atoms with Gasteiger partial charge in [0.05, 0.1) is 6.61 Å². The largest absolute Gasteiger partial charge is 0.490 e. The Morgan fingerprint density at radius 2 is 2.00 bits per heavy atom. The fraction of sp³-hybridized carbons (Fsp3) is 0.312. The summed E-state index contributed by atoms with van der Waals surface area (Å²) in [7, 11) is 0. The zero-order valence-electron chi connectivity index (χ0n) is 13.7. The number of aryl methyl sites for hydroxylation is 1. The molecule has 1 aromatic carbocycles. The molecule has 1 N–H and O–H groups in total. The summed E-state index contributed by atoms with van der Waals surface area (Å²) < 4.78 is 36.3. The second kappa shape index (κ2) is 7.29. The van der Waals surface area contributed by atoms with Gasteiger partial charge in [0.25, 0.3) is 0 Å². The molecule has 0 fully saturated rings. The zero-order valence-corrected chi connectivity index (χ0v) is 13.7. The van der Waals surface area contributed by atoms with E-state index in [4.69, 9.17) is 4.74 Å². The van der Waals surface area contributed by atoms with Crippen molar-refractivity contribution in [2.45, 2.75) is 27.0 Å². The van der Waals surface area contributed by atoms with Crippen LogP contribution in [-0.2, 0) is 6.54 Å². The fourth-order valence-corrected chi connectivity index (χ4v) is 2.31. The summed E-state index contributed by atoms with van der Waals surface area (Å²) in [4.78, 5) is 0. The predicted molar refractivity (Wildman–Crippen MR) is 87.1 cm³/mol. The number of aromatic nitrogens is 4. The quantitative estimate of drug-likeness (QED) is 0.707. The first kappa shape index (κ1) is 16.9. The van der Waals surface area contributed by atoms with E-state index >= 15 is 0 Å². The Kier molecular flexibility index (Phi) is 4.92. The van der Waals surface area contributed by atoms with E-state index in [1.807, 2.05) is 6.92 Å². The van der Waals surface area contributed by atoms with Gasteiger partial charge >= 0.3 is 6.61 Å². The summed E-state index contributed by atoms with van der Waals surface area (Å²) in [6.07, 6.45) is 0. The normalized spacial score (nSPS) is 11.1. The van der Waals surface area contributed by atoms with Gasteiger partial charge < -0.3 is 14.8 Å². The van der Waals surface area contributed by atoms with E-state index in [0.717, 1.165) is 5.56 Å². The Balaban J connectivity index is 1.75. The molecule has 0 radical (unpaired) electrons. The summed E-state index contributed by atoms with van der Waals surface area (Å²) in [5.74, 6) is 1.62. The molecule has 0 aliphatic heterocycles. The molecule has 132 valence electrons. The molecule has 2 aromatic heterocycles. The van der Waals surface area contributed by atoms with E-state index < -0.39 is 6.61 Å². The Hall–Kier alpha value is -2.97. The number of hydrogen-bond donors (Lipinski definition) is 1. The first-order valence-corrected chi connectivity index (χ1v) is 7.70. The van der Waals surface area contributed by atoms with Gasteiger partial charge in [-0.3, -0.25) is 0 Å². The predicted octanol–water partition coefficient (Wildman–Crippen LogP) is 3.04. The van der Waals surface area contributed by atoms with Crippen LogP contribution < -0.4 is 14.8 Å². The number of hydrogen-bond acceptors (Lipinski definition) is 6. The summed E-state index contributed by atoms with van der Waals surface area (Å²) in [5.41, 5.74) is 1.50. The Morgan fingerprint density at radius 1 is 1.16 bits per heavy atom. The van der Waals surface area contributed by atoms with Gasteiger partial charge in [-0.05, 0) is 43.7 Å². The standard InChI is InChI=1S/C16H17F2N5O2/c1-3-24-13-8-11(4-5-12(13)25-16(17)18)9-19-14-6-7-15-21-20-10(2)23(15)22-14/h4-8,16H,3,9H2,1-2H3,(H,19,22). The van der Waals surface area contributed by atoms with Crippen LogP contribution in [0.2, 0.25) is 0 Å². The monoisotopic (exact) mass is 349 g/mol. The molecule has 0 aliphatic rings. The van der Waals surface area contributed by atoms with Crippen LogP contribution in [0, 0.1) is 6.92 Å². The molecule has 3 rings (SSSR count). The molecule has 0 spiro atoms. The smallest absolute Gasteiger partial charge is 0.387 e. The lowest BCUT2D eigenvalue weighted by molar-refractivity contribution is -0.0514. The van der Waals surface area contributed by atoms with Crippen LogP contribution in [0.15, 0.2) is 30.3 Å². The van der Waals surface area contributed by atoms with E-state index in [1.54, 1.807) is 35.7 Å². The molecule has 0 amide bonds. The minimum atomic E-state index is -2.90. The number of ether oxygens (including phenoxy) is 2. The number of alkyl halides is 2. The molecule has 0 saturated carbocycles. The van der Waals surface area contributed by atoms with Crippen molar-refractivity contribution in [2.75, 3.05) is 11.9 Å². The number of nitrogens with one attached hydrogen (secondary N) is 1. The molecule has 0 aliphatic carbocycles. The highest BCUT2D eigenvalue weighted by Crippen LogP contribution is 2.30. The summed E-state index contributed by atoms with van der Waals surface area (Å²) in [6.45, 7) is 1.48. The highest BCUT2D eigenvalue weighted by atomic mass is 19.3. The third kappa shape index (κ3) is 3.93. The molecule has 2 heterocycles.